The quantitative estimate of drug-likeness (QED) is 0.166. The Morgan fingerprint density at radius 2 is 0.233 bits per heavy atom. The Balaban J connectivity index is -0.0000000125. The summed E-state index contributed by atoms with van der Waals surface area (Å²) in [5, 5.41) is 0. The van der Waals surface area contributed by atoms with E-state index in [0.717, 1.165) is 0 Å². The molecule has 0 atom stereocenters. The van der Waals surface area contributed by atoms with E-state index in [1.54, 1.807) is 0 Å². The predicted octanol–water partition coefficient (Wildman–Crippen LogP) is -21.4. The third kappa shape index (κ3) is 594. The van der Waals surface area contributed by atoms with Gasteiger partial charge in [-0.15, -0.1) is 0 Å². The maximum atomic E-state index is 8.48. The first-order valence-corrected chi connectivity index (χ1v) is 9.86. The minimum absolute atomic E-state index is 0. The van der Waals surface area contributed by atoms with Gasteiger partial charge in [0.1, 0.15) is 0 Å². The van der Waals surface area contributed by atoms with E-state index in [4.69, 9.17) is 84.1 Å². The van der Waals surface area contributed by atoms with Crippen molar-refractivity contribution in [2.24, 2.45) is 0 Å². The first-order valence-electron chi connectivity index (χ1n) is 3.29. The van der Waals surface area contributed by atoms with E-state index in [0.29, 0.717) is 0 Å². The van der Waals surface area contributed by atoms with Gasteiger partial charge in [0.2, 0.25) is 47.4 Å². The van der Waals surface area contributed by atoms with Crippen LogP contribution in [-0.4, -0.2) is 0 Å². The summed E-state index contributed by atoms with van der Waals surface area (Å²) in [5.41, 5.74) is 0. The van der Waals surface area contributed by atoms with Gasteiger partial charge in [-0.25, -0.2) is 0 Å². The van der Waals surface area contributed by atoms with Gasteiger partial charge in [-0.1, -0.05) is 0 Å². The maximum Gasteiger partial charge on any atom is 1.00 e. The van der Waals surface area contributed by atoms with Crippen LogP contribution in [0.5, 0.6) is 0 Å². The van der Waals surface area contributed by atoms with Crippen LogP contribution in [0, 0.1) is 0 Å². The summed E-state index contributed by atoms with van der Waals surface area (Å²) in [5.74, 6) is 0. The Hall–Kier alpha value is 8.98. The first kappa shape index (κ1) is 77.2. The van der Waals surface area contributed by atoms with Crippen molar-refractivity contribution >= 4 is 47.4 Å². The molecule has 0 fully saturated rings. The van der Waals surface area contributed by atoms with Crippen LogP contribution < -0.4 is 338 Å². The molecule has 0 saturated heterocycles. The van der Waals surface area contributed by atoms with Crippen molar-refractivity contribution in [2.75, 3.05) is 0 Å². The van der Waals surface area contributed by atoms with Crippen molar-refractivity contribution in [3.8, 4) is 0 Å². The molecule has 0 aromatic heterocycles. The molecule has 0 saturated carbocycles. The molecule has 0 aromatic rings. The molecule has 0 radical (unpaired) electrons. The number of rotatable bonds is 0. The van der Waals surface area contributed by atoms with Gasteiger partial charge in [-0.05, 0) is 0 Å². The van der Waals surface area contributed by atoms with E-state index in [9.17, 15) is 0 Å². The van der Waals surface area contributed by atoms with Gasteiger partial charge in [0.15, 0.2) is 0 Å². The molecule has 30 heavy (non-hydrogen) atoms. The van der Waals surface area contributed by atoms with Crippen LogP contribution >= 0.6 is 47.4 Å². The molecule has 30 heteroatoms. The fourth-order valence-corrected chi connectivity index (χ4v) is 0. The molecule has 0 unspecified atom stereocenters. The molecule has 0 N–H and O–H groups in total. The van der Waals surface area contributed by atoms with Gasteiger partial charge in [0.05, 0.1) is 0 Å². The number of hydrogen-bond donors (Lipinski definition) is 0. The standard InChI is InChI=1S/6K.6HO3P/c;;;;;;6*1-4(2)3/h;;;;;;6*(H,1,2,3)/q6*+1;;;;;;/p-6. The summed E-state index contributed by atoms with van der Waals surface area (Å²) < 4.78 is 102. The zero-order valence-electron chi connectivity index (χ0n) is 16.0. The molecule has 0 bridgehead atoms. The molecule has 144 valence electrons. The van der Waals surface area contributed by atoms with Crippen LogP contribution in [0.1, 0.15) is 0 Å². The molecule has 0 spiro atoms. The summed E-state index contributed by atoms with van der Waals surface area (Å²) >= 11 is 0. The van der Waals surface area contributed by atoms with Gasteiger partial charge in [-0.2, -0.15) is 0 Å². The van der Waals surface area contributed by atoms with Crippen molar-refractivity contribution < 1.29 is 392 Å². The monoisotopic (exact) mass is 708 g/mol. The third-order valence-electron chi connectivity index (χ3n) is 0. The minimum atomic E-state index is -3.37. The zero-order chi connectivity index (χ0) is 21.5. The second-order valence-corrected chi connectivity index (χ2v) is 4.02. The average Bonchev–Trinajstić information content (AvgIpc) is 2.08. The van der Waals surface area contributed by atoms with Gasteiger partial charge in [0.25, 0.3) is 0 Å². The molecule has 18 nitrogen and oxygen atoms in total. The SMILES string of the molecule is O=P(=O)[O-].O=P(=O)[O-].O=P(=O)[O-].O=P(=O)[O-].O=P(=O)[O-].O=P(=O)[O-].[K+].[K+].[K+].[K+].[K+].[K+]. The zero-order valence-corrected chi connectivity index (χ0v) is 40.1. The molecular formula is K6O18P6. The molecule has 0 aromatic carbocycles. The molecular weight excluding hydrogens is 708 g/mol. The van der Waals surface area contributed by atoms with Crippen molar-refractivity contribution in [1.29, 1.82) is 0 Å². The van der Waals surface area contributed by atoms with E-state index in [1.165, 1.54) is 0 Å². The largest absolute Gasteiger partial charge is 1.00 e. The van der Waals surface area contributed by atoms with E-state index >= 15 is 0 Å². The van der Waals surface area contributed by atoms with E-state index < -0.39 is 47.4 Å². The normalized spacial score (nSPS) is 5.00. The fraction of sp³-hybridized carbons (Fsp3) is 0. The van der Waals surface area contributed by atoms with Crippen LogP contribution in [0.15, 0.2) is 0 Å². The number of hydrogen-bond acceptors (Lipinski definition) is 18. The summed E-state index contributed by atoms with van der Waals surface area (Å²) in [7, 11) is -20.2. The smallest absolute Gasteiger partial charge is 0.744 e. The summed E-state index contributed by atoms with van der Waals surface area (Å²) in [4.78, 5) is 50.9. The summed E-state index contributed by atoms with van der Waals surface area (Å²) in [6.45, 7) is 0. The molecule has 0 aliphatic carbocycles. The Labute approximate surface area is 426 Å². The third-order valence-corrected chi connectivity index (χ3v) is 0. The van der Waals surface area contributed by atoms with Gasteiger partial charge >= 0.3 is 308 Å². The Morgan fingerprint density at radius 1 is 0.233 bits per heavy atom. The maximum absolute atomic E-state index is 8.48. The Bertz CT molecular complexity index is 487. The van der Waals surface area contributed by atoms with E-state index in [-0.39, 0.29) is 308 Å². The first-order chi connectivity index (χ1) is 10.4. The summed E-state index contributed by atoms with van der Waals surface area (Å²) in [6.07, 6.45) is 0. The van der Waals surface area contributed by atoms with Crippen molar-refractivity contribution in [3.05, 3.63) is 0 Å². The molecule has 0 amide bonds. The summed E-state index contributed by atoms with van der Waals surface area (Å²) in [6, 6.07) is 0. The van der Waals surface area contributed by atoms with Crippen LogP contribution in [0.25, 0.3) is 0 Å². The second kappa shape index (κ2) is 71.4. The predicted molar refractivity (Wildman–Crippen MR) is 49.8 cm³/mol. The van der Waals surface area contributed by atoms with Gasteiger partial charge in [0, 0.05) is 0 Å². The topological polar surface area (TPSA) is 343 Å². The van der Waals surface area contributed by atoms with E-state index in [1.807, 2.05) is 0 Å². The van der Waals surface area contributed by atoms with Gasteiger partial charge in [-0.3, -0.25) is 54.8 Å². The molecule has 0 heterocycles. The minimum Gasteiger partial charge on any atom is -0.744 e. The average molecular weight is 708 g/mol. The van der Waals surface area contributed by atoms with Crippen LogP contribution in [0.4, 0.5) is 0 Å². The molecule has 0 aliphatic heterocycles. The Kier molecular flexibility index (Phi) is 184. The van der Waals surface area contributed by atoms with Crippen LogP contribution in [0.2, 0.25) is 0 Å². The molecule has 0 rings (SSSR count). The fourth-order valence-electron chi connectivity index (χ4n) is 0. The molecule has 0 aliphatic rings. The second-order valence-electron chi connectivity index (χ2n) is 1.34. The Morgan fingerprint density at radius 3 is 0.233 bits per heavy atom. The van der Waals surface area contributed by atoms with Crippen LogP contribution in [-0.2, 0) is 54.8 Å². The van der Waals surface area contributed by atoms with Crippen LogP contribution in [0.3, 0.4) is 0 Å². The van der Waals surface area contributed by atoms with Crippen molar-refractivity contribution in [1.82, 2.24) is 0 Å². The van der Waals surface area contributed by atoms with Crippen molar-refractivity contribution in [2.45, 2.75) is 0 Å². The van der Waals surface area contributed by atoms with Crippen molar-refractivity contribution in [3.63, 3.8) is 0 Å². The van der Waals surface area contributed by atoms with Gasteiger partial charge < -0.3 is 29.4 Å². The van der Waals surface area contributed by atoms with E-state index in [2.05, 4.69) is 0 Å².